The van der Waals surface area contributed by atoms with Crippen LogP contribution >= 0.6 is 0 Å². The van der Waals surface area contributed by atoms with E-state index in [-0.39, 0.29) is 18.2 Å². The van der Waals surface area contributed by atoms with Crippen LogP contribution in [0.1, 0.15) is 38.4 Å². The average Bonchev–Trinajstić information content (AvgIpc) is 3.42. The highest BCUT2D eigenvalue weighted by Crippen LogP contribution is 2.16. The summed E-state index contributed by atoms with van der Waals surface area (Å²) in [5, 5.41) is 19.1. The molecule has 0 aliphatic carbocycles. The van der Waals surface area contributed by atoms with Crippen molar-refractivity contribution in [3.63, 3.8) is 0 Å². The zero-order chi connectivity index (χ0) is 23.0. The van der Waals surface area contributed by atoms with Crippen molar-refractivity contribution in [3.05, 3.63) is 42.2 Å². The molecule has 174 valence electrons. The maximum atomic E-state index is 12.4. The maximum Gasteiger partial charge on any atom is 0.224 e. The number of aromatic nitrogens is 4. The van der Waals surface area contributed by atoms with E-state index in [9.17, 15) is 9.59 Å². The van der Waals surface area contributed by atoms with E-state index in [2.05, 4.69) is 25.9 Å². The average molecular weight is 452 g/mol. The van der Waals surface area contributed by atoms with Crippen LogP contribution in [-0.2, 0) is 16.0 Å². The molecule has 1 fully saturated rings. The Bertz CT molecular complexity index is 1100. The number of benzene rings is 1. The minimum absolute atomic E-state index is 0.110. The van der Waals surface area contributed by atoms with Gasteiger partial charge in [0.25, 0.3) is 0 Å². The monoisotopic (exact) mass is 451 g/mol. The summed E-state index contributed by atoms with van der Waals surface area (Å²) in [6.45, 7) is 4.86. The van der Waals surface area contributed by atoms with Crippen molar-refractivity contribution in [1.29, 1.82) is 0 Å². The van der Waals surface area contributed by atoms with Crippen LogP contribution in [0.3, 0.4) is 0 Å². The number of likely N-dealkylation sites (tertiary alicyclic amines) is 1. The molecule has 3 heterocycles. The summed E-state index contributed by atoms with van der Waals surface area (Å²) in [4.78, 5) is 26.0. The van der Waals surface area contributed by atoms with Gasteiger partial charge in [-0.3, -0.25) is 9.59 Å². The molecule has 33 heavy (non-hydrogen) atoms. The topological polar surface area (TPSA) is 114 Å². The molecule has 4 rings (SSSR count). The number of anilines is 2. The minimum atomic E-state index is -0.110. The third-order valence-corrected chi connectivity index (χ3v) is 5.43. The van der Waals surface area contributed by atoms with Gasteiger partial charge in [-0.25, -0.2) is 0 Å². The Morgan fingerprint density at radius 1 is 1.15 bits per heavy atom. The Balaban J connectivity index is 1.27. The van der Waals surface area contributed by atoms with Crippen LogP contribution in [0.5, 0.6) is 5.75 Å². The predicted molar refractivity (Wildman–Crippen MR) is 124 cm³/mol. The van der Waals surface area contributed by atoms with Crippen LogP contribution in [0.4, 0.5) is 11.5 Å². The third-order valence-electron chi connectivity index (χ3n) is 5.43. The third kappa shape index (κ3) is 5.97. The molecule has 2 N–H and O–H groups in total. The minimum Gasteiger partial charge on any atom is -0.494 e. The summed E-state index contributed by atoms with van der Waals surface area (Å²) in [5.41, 5.74) is 1.35. The molecule has 2 amide bonds. The number of fused-ring (bicyclic) bond motifs is 1. The molecule has 2 aromatic heterocycles. The molecular weight excluding hydrogens is 422 g/mol. The van der Waals surface area contributed by atoms with Crippen molar-refractivity contribution in [3.8, 4) is 5.75 Å². The summed E-state index contributed by atoms with van der Waals surface area (Å²) in [5.74, 6) is 2.23. The first-order chi connectivity index (χ1) is 16.1. The summed E-state index contributed by atoms with van der Waals surface area (Å²) < 4.78 is 7.08. The fourth-order valence-electron chi connectivity index (χ4n) is 3.76. The summed E-state index contributed by atoms with van der Waals surface area (Å²) in [6, 6.07) is 11.0. The van der Waals surface area contributed by atoms with Gasteiger partial charge in [0, 0.05) is 44.6 Å². The van der Waals surface area contributed by atoms with E-state index in [1.165, 1.54) is 0 Å². The fraction of sp³-hybridized carbons (Fsp3) is 0.435. The zero-order valence-electron chi connectivity index (χ0n) is 18.8. The normalized spacial score (nSPS) is 13.5. The molecule has 0 radical (unpaired) electrons. The van der Waals surface area contributed by atoms with Gasteiger partial charge in [-0.1, -0.05) is 0 Å². The van der Waals surface area contributed by atoms with Crippen molar-refractivity contribution in [2.75, 3.05) is 36.9 Å². The first-order valence-electron chi connectivity index (χ1n) is 11.4. The predicted octanol–water partition coefficient (Wildman–Crippen LogP) is 2.52. The smallest absolute Gasteiger partial charge is 0.224 e. The Hall–Kier alpha value is -3.69. The molecule has 10 nitrogen and oxygen atoms in total. The highest BCUT2D eigenvalue weighted by Gasteiger charge is 2.19. The first kappa shape index (κ1) is 22.5. The number of nitrogens with zero attached hydrogens (tertiary/aromatic N) is 5. The highest BCUT2D eigenvalue weighted by molar-refractivity contribution is 5.90. The van der Waals surface area contributed by atoms with Gasteiger partial charge < -0.3 is 20.3 Å². The van der Waals surface area contributed by atoms with Gasteiger partial charge in [-0.05, 0) is 56.2 Å². The standard InChI is InChI=1S/C23H29N7O3/c1-2-33-18-8-6-17(7-9-18)25-22(31)13-12-21-27-26-20-11-10-19(28-30(20)21)24-14-4-16-29-15-3-5-23(29)32/h6-11H,2-5,12-16H2,1H3,(H,24,28)(H,25,31). The molecule has 0 bridgehead atoms. The number of hydrogen-bond acceptors (Lipinski definition) is 7. The lowest BCUT2D eigenvalue weighted by atomic mass is 10.2. The molecule has 1 aromatic carbocycles. The van der Waals surface area contributed by atoms with Crippen molar-refractivity contribution in [1.82, 2.24) is 24.7 Å². The molecule has 10 heteroatoms. The van der Waals surface area contributed by atoms with Crippen molar-refractivity contribution >= 4 is 29.0 Å². The summed E-state index contributed by atoms with van der Waals surface area (Å²) >= 11 is 0. The number of ether oxygens (including phenoxy) is 1. The van der Waals surface area contributed by atoms with Crippen LogP contribution in [-0.4, -0.2) is 62.8 Å². The van der Waals surface area contributed by atoms with Gasteiger partial charge in [-0.2, -0.15) is 4.52 Å². The molecule has 0 atom stereocenters. The van der Waals surface area contributed by atoms with Crippen LogP contribution in [0.15, 0.2) is 36.4 Å². The molecule has 1 aliphatic rings. The lowest BCUT2D eigenvalue weighted by Gasteiger charge is -2.15. The van der Waals surface area contributed by atoms with E-state index in [1.54, 1.807) is 4.52 Å². The van der Waals surface area contributed by atoms with E-state index in [1.807, 2.05) is 48.2 Å². The highest BCUT2D eigenvalue weighted by atomic mass is 16.5. The molecule has 1 aliphatic heterocycles. The number of hydrogen-bond donors (Lipinski definition) is 2. The molecule has 1 saturated heterocycles. The van der Waals surface area contributed by atoms with Crippen LogP contribution in [0.2, 0.25) is 0 Å². The van der Waals surface area contributed by atoms with Gasteiger partial charge in [0.1, 0.15) is 11.6 Å². The van der Waals surface area contributed by atoms with Crippen molar-refractivity contribution < 1.29 is 14.3 Å². The van der Waals surface area contributed by atoms with Gasteiger partial charge in [0.05, 0.1) is 6.61 Å². The van der Waals surface area contributed by atoms with E-state index in [4.69, 9.17) is 4.74 Å². The molecule has 0 spiro atoms. The molecule has 3 aromatic rings. The fourth-order valence-corrected chi connectivity index (χ4v) is 3.76. The number of aryl methyl sites for hydroxylation is 1. The van der Waals surface area contributed by atoms with Gasteiger partial charge >= 0.3 is 0 Å². The SMILES string of the molecule is CCOc1ccc(NC(=O)CCc2nnc3ccc(NCCCN4CCCC4=O)nn23)cc1. The molecular formula is C23H29N7O3. The van der Waals surface area contributed by atoms with Gasteiger partial charge in [-0.15, -0.1) is 15.3 Å². The van der Waals surface area contributed by atoms with E-state index in [0.717, 1.165) is 37.4 Å². The quantitative estimate of drug-likeness (QED) is 0.431. The van der Waals surface area contributed by atoms with E-state index >= 15 is 0 Å². The van der Waals surface area contributed by atoms with Gasteiger partial charge in [0.2, 0.25) is 11.8 Å². The number of nitrogens with one attached hydrogen (secondary N) is 2. The number of rotatable bonds is 11. The van der Waals surface area contributed by atoms with Crippen LogP contribution < -0.4 is 15.4 Å². The Kier molecular flexibility index (Phi) is 7.33. The second kappa shape index (κ2) is 10.8. The Morgan fingerprint density at radius 2 is 2.00 bits per heavy atom. The van der Waals surface area contributed by atoms with Crippen molar-refractivity contribution in [2.45, 2.75) is 39.0 Å². The molecule has 0 saturated carbocycles. The van der Waals surface area contributed by atoms with Crippen LogP contribution in [0, 0.1) is 0 Å². The number of amides is 2. The van der Waals surface area contributed by atoms with Crippen molar-refractivity contribution in [2.24, 2.45) is 0 Å². The second-order valence-corrected chi connectivity index (χ2v) is 7.88. The molecule has 0 unspecified atom stereocenters. The lowest BCUT2D eigenvalue weighted by Crippen LogP contribution is -2.27. The number of carbonyl (C=O) groups is 2. The summed E-state index contributed by atoms with van der Waals surface area (Å²) in [7, 11) is 0. The maximum absolute atomic E-state index is 12.4. The zero-order valence-corrected chi connectivity index (χ0v) is 18.8. The van der Waals surface area contributed by atoms with Gasteiger partial charge in [0.15, 0.2) is 11.5 Å². The van der Waals surface area contributed by atoms with E-state index < -0.39 is 0 Å². The summed E-state index contributed by atoms with van der Waals surface area (Å²) in [6.07, 6.45) is 3.15. The lowest BCUT2D eigenvalue weighted by molar-refractivity contribution is -0.127. The second-order valence-electron chi connectivity index (χ2n) is 7.88. The number of carbonyl (C=O) groups excluding carboxylic acids is 2. The largest absolute Gasteiger partial charge is 0.494 e. The van der Waals surface area contributed by atoms with E-state index in [0.29, 0.717) is 43.3 Å². The first-order valence-corrected chi connectivity index (χ1v) is 11.4. The Morgan fingerprint density at radius 3 is 2.76 bits per heavy atom. The van der Waals surface area contributed by atoms with Crippen LogP contribution in [0.25, 0.3) is 5.65 Å². The Labute approximate surface area is 192 Å².